The molecule has 0 spiro atoms. The van der Waals surface area contributed by atoms with Crippen LogP contribution in [0.1, 0.15) is 5.56 Å². The zero-order valence-corrected chi connectivity index (χ0v) is 13.1. The minimum atomic E-state index is -0.452. The Morgan fingerprint density at radius 3 is 2.60 bits per heavy atom. The third kappa shape index (κ3) is 3.42. The molecule has 20 heavy (non-hydrogen) atoms. The van der Waals surface area contributed by atoms with Crippen molar-refractivity contribution in [2.24, 2.45) is 0 Å². The molecular formula is C13H8BrCl2NO3. The lowest BCUT2D eigenvalue weighted by Gasteiger charge is -2.08. The number of benzene rings is 2. The van der Waals surface area contributed by atoms with Crippen LogP contribution in [0.3, 0.4) is 0 Å². The predicted molar refractivity (Wildman–Crippen MR) is 81.6 cm³/mol. The summed E-state index contributed by atoms with van der Waals surface area (Å²) in [6.45, 7) is 0.181. The highest BCUT2D eigenvalue weighted by molar-refractivity contribution is 9.10. The van der Waals surface area contributed by atoms with Gasteiger partial charge in [0.1, 0.15) is 16.8 Å². The average Bonchev–Trinajstić information content (AvgIpc) is 2.41. The third-order valence-electron chi connectivity index (χ3n) is 2.54. The Kier molecular flexibility index (Phi) is 4.86. The van der Waals surface area contributed by atoms with E-state index in [1.54, 1.807) is 30.3 Å². The maximum atomic E-state index is 10.8. The molecule has 0 saturated carbocycles. The van der Waals surface area contributed by atoms with E-state index >= 15 is 0 Å². The van der Waals surface area contributed by atoms with Crippen LogP contribution in [0.2, 0.25) is 10.0 Å². The van der Waals surface area contributed by atoms with Crippen molar-refractivity contribution in [3.8, 4) is 5.75 Å². The van der Waals surface area contributed by atoms with Crippen LogP contribution in [0.25, 0.3) is 0 Å². The molecule has 104 valence electrons. The molecule has 0 fully saturated rings. The number of nitro benzene ring substituents is 1. The highest BCUT2D eigenvalue weighted by Crippen LogP contribution is 2.30. The quantitative estimate of drug-likeness (QED) is 0.541. The van der Waals surface area contributed by atoms with Gasteiger partial charge in [-0.05, 0) is 28.1 Å². The van der Waals surface area contributed by atoms with Crippen LogP contribution in [0, 0.1) is 10.1 Å². The molecule has 7 heteroatoms. The fourth-order valence-electron chi connectivity index (χ4n) is 1.55. The van der Waals surface area contributed by atoms with Crippen molar-refractivity contribution in [2.45, 2.75) is 6.61 Å². The van der Waals surface area contributed by atoms with Crippen molar-refractivity contribution in [3.05, 3.63) is 66.6 Å². The van der Waals surface area contributed by atoms with E-state index in [0.29, 0.717) is 25.8 Å². The first-order valence-electron chi connectivity index (χ1n) is 5.48. The van der Waals surface area contributed by atoms with Gasteiger partial charge >= 0.3 is 0 Å². The molecule has 0 amide bonds. The summed E-state index contributed by atoms with van der Waals surface area (Å²) in [6.07, 6.45) is 0. The molecule has 0 bridgehead atoms. The minimum Gasteiger partial charge on any atom is -0.489 e. The van der Waals surface area contributed by atoms with Crippen molar-refractivity contribution in [1.82, 2.24) is 0 Å². The Hall–Kier alpha value is -1.30. The zero-order chi connectivity index (χ0) is 14.7. The summed E-state index contributed by atoms with van der Waals surface area (Å²) in [5, 5.41) is 11.7. The van der Waals surface area contributed by atoms with Crippen LogP contribution in [0.5, 0.6) is 5.75 Å². The monoisotopic (exact) mass is 375 g/mol. The molecule has 0 saturated heterocycles. The van der Waals surface area contributed by atoms with Gasteiger partial charge in [-0.1, -0.05) is 35.3 Å². The second kappa shape index (κ2) is 6.43. The predicted octanol–water partition coefficient (Wildman–Crippen LogP) is 5.24. The Labute approximate surface area is 133 Å². The van der Waals surface area contributed by atoms with Crippen molar-refractivity contribution >= 4 is 44.8 Å². The Bertz CT molecular complexity index is 664. The van der Waals surface area contributed by atoms with Gasteiger partial charge < -0.3 is 4.74 Å². The van der Waals surface area contributed by atoms with Crippen molar-refractivity contribution in [2.75, 3.05) is 0 Å². The van der Waals surface area contributed by atoms with E-state index in [0.717, 1.165) is 0 Å². The van der Waals surface area contributed by atoms with Gasteiger partial charge in [0.2, 0.25) is 0 Å². The molecule has 0 heterocycles. The number of halogens is 3. The Morgan fingerprint density at radius 1 is 1.20 bits per heavy atom. The van der Waals surface area contributed by atoms with Gasteiger partial charge in [0.25, 0.3) is 5.69 Å². The maximum absolute atomic E-state index is 10.8. The van der Waals surface area contributed by atoms with Gasteiger partial charge in [-0.15, -0.1) is 0 Å². The lowest BCUT2D eigenvalue weighted by Crippen LogP contribution is -1.99. The number of ether oxygens (including phenoxy) is 1. The number of nitrogens with zero attached hydrogens (tertiary/aromatic N) is 1. The molecule has 0 aliphatic carbocycles. The molecule has 0 atom stereocenters. The van der Waals surface area contributed by atoms with Gasteiger partial charge in [-0.25, -0.2) is 0 Å². The summed E-state index contributed by atoms with van der Waals surface area (Å²) < 4.78 is 5.96. The molecule has 0 radical (unpaired) electrons. The molecule has 2 rings (SSSR count). The van der Waals surface area contributed by atoms with E-state index in [1.807, 2.05) is 0 Å². The van der Waals surface area contributed by atoms with E-state index in [1.165, 1.54) is 6.07 Å². The molecule has 0 N–H and O–H groups in total. The topological polar surface area (TPSA) is 52.4 Å². The molecule has 0 aliphatic rings. The lowest BCUT2D eigenvalue weighted by atomic mass is 10.2. The molecule has 2 aromatic rings. The fourth-order valence-corrected chi connectivity index (χ4v) is 2.36. The van der Waals surface area contributed by atoms with Crippen molar-refractivity contribution in [3.63, 3.8) is 0 Å². The summed E-state index contributed by atoms with van der Waals surface area (Å²) in [4.78, 5) is 10.4. The van der Waals surface area contributed by atoms with Crippen LogP contribution in [-0.4, -0.2) is 4.92 Å². The Morgan fingerprint density at radius 2 is 1.95 bits per heavy atom. The molecule has 2 aromatic carbocycles. The summed E-state index contributed by atoms with van der Waals surface area (Å²) in [5.74, 6) is 0.540. The number of rotatable bonds is 4. The summed E-state index contributed by atoms with van der Waals surface area (Å²) in [6, 6.07) is 9.67. The first-order chi connectivity index (χ1) is 9.49. The van der Waals surface area contributed by atoms with Crippen LogP contribution in [-0.2, 0) is 6.61 Å². The Balaban J connectivity index is 2.17. The first kappa shape index (κ1) is 15.1. The summed E-state index contributed by atoms with van der Waals surface area (Å²) in [7, 11) is 0. The van der Waals surface area contributed by atoms with E-state index < -0.39 is 4.92 Å². The SMILES string of the molecule is O=[N+]([O-])c1cccc(COc2ccc(Cl)c(Cl)c2)c1Br. The largest absolute Gasteiger partial charge is 0.489 e. The van der Waals surface area contributed by atoms with Crippen molar-refractivity contribution < 1.29 is 9.66 Å². The number of hydrogen-bond acceptors (Lipinski definition) is 3. The number of hydrogen-bond donors (Lipinski definition) is 0. The van der Waals surface area contributed by atoms with Gasteiger partial charge in [0, 0.05) is 17.7 Å². The third-order valence-corrected chi connectivity index (χ3v) is 4.19. The van der Waals surface area contributed by atoms with Gasteiger partial charge in [0.05, 0.1) is 15.0 Å². The first-order valence-corrected chi connectivity index (χ1v) is 7.03. The molecule has 4 nitrogen and oxygen atoms in total. The molecular weight excluding hydrogens is 369 g/mol. The van der Waals surface area contributed by atoms with Gasteiger partial charge in [-0.3, -0.25) is 10.1 Å². The molecule has 0 aliphatic heterocycles. The van der Waals surface area contributed by atoms with E-state index in [-0.39, 0.29) is 12.3 Å². The van der Waals surface area contributed by atoms with E-state index in [4.69, 9.17) is 27.9 Å². The minimum absolute atomic E-state index is 0.000221. The van der Waals surface area contributed by atoms with Crippen LogP contribution in [0.15, 0.2) is 40.9 Å². The van der Waals surface area contributed by atoms with Crippen LogP contribution in [0.4, 0.5) is 5.69 Å². The smallest absolute Gasteiger partial charge is 0.283 e. The molecule has 0 aromatic heterocycles. The normalized spacial score (nSPS) is 10.3. The van der Waals surface area contributed by atoms with E-state index in [2.05, 4.69) is 15.9 Å². The van der Waals surface area contributed by atoms with E-state index in [9.17, 15) is 10.1 Å². The standard InChI is InChI=1S/C13H8BrCl2NO3/c14-13-8(2-1-3-12(13)17(18)19)7-20-9-4-5-10(15)11(16)6-9/h1-6H,7H2. The second-order valence-corrected chi connectivity index (χ2v) is 5.48. The summed E-state index contributed by atoms with van der Waals surface area (Å²) in [5.41, 5.74) is 0.672. The zero-order valence-electron chi connectivity index (χ0n) is 9.98. The number of nitro groups is 1. The van der Waals surface area contributed by atoms with Crippen molar-refractivity contribution in [1.29, 1.82) is 0 Å². The fraction of sp³-hybridized carbons (Fsp3) is 0.0769. The summed E-state index contributed by atoms with van der Waals surface area (Å²) >= 11 is 14.9. The molecule has 0 unspecified atom stereocenters. The average molecular weight is 377 g/mol. The highest BCUT2D eigenvalue weighted by Gasteiger charge is 2.15. The van der Waals surface area contributed by atoms with Crippen LogP contribution >= 0.6 is 39.1 Å². The second-order valence-electron chi connectivity index (χ2n) is 3.87. The van der Waals surface area contributed by atoms with Gasteiger partial charge in [-0.2, -0.15) is 0 Å². The van der Waals surface area contributed by atoms with Crippen LogP contribution < -0.4 is 4.74 Å². The maximum Gasteiger partial charge on any atom is 0.283 e. The highest BCUT2D eigenvalue weighted by atomic mass is 79.9. The van der Waals surface area contributed by atoms with Gasteiger partial charge in [0.15, 0.2) is 0 Å². The lowest BCUT2D eigenvalue weighted by molar-refractivity contribution is -0.385.